The Morgan fingerprint density at radius 2 is 1.93 bits per heavy atom. The summed E-state index contributed by atoms with van der Waals surface area (Å²) in [5.41, 5.74) is -1.35. The van der Waals surface area contributed by atoms with Crippen molar-refractivity contribution in [2.45, 2.75) is 24.4 Å². The van der Waals surface area contributed by atoms with E-state index in [1.807, 2.05) is 0 Å². The number of nitrogens with zero attached hydrogens (tertiary/aromatic N) is 4. The van der Waals surface area contributed by atoms with Crippen molar-refractivity contribution < 1.29 is 17.2 Å². The second-order valence-corrected chi connectivity index (χ2v) is 8.38. The van der Waals surface area contributed by atoms with Crippen molar-refractivity contribution >= 4 is 30.6 Å². The summed E-state index contributed by atoms with van der Waals surface area (Å²) in [5.74, 6) is 0. The van der Waals surface area contributed by atoms with E-state index < -0.39 is 33.3 Å². The summed E-state index contributed by atoms with van der Waals surface area (Å²) in [4.78, 5) is 25.1. The van der Waals surface area contributed by atoms with Crippen LogP contribution < -0.4 is 11.2 Å². The Hall–Kier alpha value is -2.53. The van der Waals surface area contributed by atoms with Gasteiger partial charge in [-0.05, 0) is 18.2 Å². The van der Waals surface area contributed by atoms with Crippen molar-refractivity contribution in [3.63, 3.8) is 0 Å². The highest BCUT2D eigenvalue weighted by molar-refractivity contribution is 8.13. The number of aromatic nitrogens is 4. The summed E-state index contributed by atoms with van der Waals surface area (Å²) in [6.45, 7) is -1.15. The Morgan fingerprint density at radius 1 is 1.22 bits per heavy atom. The smallest absolute Gasteiger partial charge is 0.287 e. The Morgan fingerprint density at radius 3 is 2.48 bits per heavy atom. The standard InChI is InChI=1S/C15H13ClF2N4O4S/c1-20-6-9(5-19-20)7-22-14(23)11-4-10(27(16,25)26)2-3-12(11)21(15(22)24)8-13(17)18/h2-6,13H,7-8H2,1H3. The predicted molar refractivity (Wildman–Crippen MR) is 93.8 cm³/mol. The van der Waals surface area contributed by atoms with E-state index in [9.17, 15) is 26.8 Å². The molecule has 0 N–H and O–H groups in total. The molecule has 12 heteroatoms. The number of benzene rings is 1. The van der Waals surface area contributed by atoms with Gasteiger partial charge in [-0.1, -0.05) is 0 Å². The fourth-order valence-corrected chi connectivity index (χ4v) is 3.52. The molecule has 0 saturated heterocycles. The molecule has 0 bridgehead atoms. The van der Waals surface area contributed by atoms with Gasteiger partial charge in [-0.25, -0.2) is 22.0 Å². The first-order valence-electron chi connectivity index (χ1n) is 7.55. The Labute approximate surface area is 155 Å². The van der Waals surface area contributed by atoms with Crippen LogP contribution in [0.5, 0.6) is 0 Å². The average molecular weight is 419 g/mol. The first-order chi connectivity index (χ1) is 12.6. The monoisotopic (exact) mass is 418 g/mol. The first-order valence-corrected chi connectivity index (χ1v) is 9.86. The van der Waals surface area contributed by atoms with Crippen molar-refractivity contribution in [1.29, 1.82) is 0 Å². The van der Waals surface area contributed by atoms with Crippen LogP contribution in [0.3, 0.4) is 0 Å². The largest absolute Gasteiger partial charge is 0.331 e. The second kappa shape index (κ2) is 6.89. The zero-order chi connectivity index (χ0) is 19.9. The van der Waals surface area contributed by atoms with Crippen molar-refractivity contribution in [3.8, 4) is 0 Å². The normalized spacial score (nSPS) is 12.2. The van der Waals surface area contributed by atoms with E-state index in [1.54, 1.807) is 13.2 Å². The van der Waals surface area contributed by atoms with Gasteiger partial charge in [-0.2, -0.15) is 5.10 Å². The number of aryl methyl sites for hydroxylation is 1. The molecule has 0 radical (unpaired) electrons. The van der Waals surface area contributed by atoms with Gasteiger partial charge in [0.15, 0.2) is 0 Å². The highest BCUT2D eigenvalue weighted by Gasteiger charge is 2.19. The van der Waals surface area contributed by atoms with Gasteiger partial charge in [0.25, 0.3) is 21.0 Å². The second-order valence-electron chi connectivity index (χ2n) is 5.81. The minimum absolute atomic E-state index is 0.100. The molecule has 0 aliphatic heterocycles. The molecule has 0 aliphatic carbocycles. The molecule has 0 atom stereocenters. The summed E-state index contributed by atoms with van der Waals surface area (Å²) in [6, 6.07) is 3.14. The molecule has 0 spiro atoms. The Bertz CT molecular complexity index is 1250. The topological polar surface area (TPSA) is 96.0 Å². The van der Waals surface area contributed by atoms with Crippen LogP contribution in [0, 0.1) is 0 Å². The van der Waals surface area contributed by atoms with E-state index in [1.165, 1.54) is 10.9 Å². The number of fused-ring (bicyclic) bond motifs is 1. The number of rotatable bonds is 5. The van der Waals surface area contributed by atoms with Gasteiger partial charge < -0.3 is 0 Å². The zero-order valence-electron chi connectivity index (χ0n) is 13.8. The summed E-state index contributed by atoms with van der Waals surface area (Å²) in [6.07, 6.45) is 0.132. The van der Waals surface area contributed by atoms with Crippen molar-refractivity contribution in [1.82, 2.24) is 18.9 Å². The van der Waals surface area contributed by atoms with E-state index in [-0.39, 0.29) is 22.3 Å². The molecule has 0 unspecified atom stereocenters. The molecule has 144 valence electrons. The quantitative estimate of drug-likeness (QED) is 0.579. The van der Waals surface area contributed by atoms with Gasteiger partial charge in [0.2, 0.25) is 0 Å². The van der Waals surface area contributed by atoms with Crippen molar-refractivity contribution in [2.75, 3.05) is 0 Å². The van der Waals surface area contributed by atoms with E-state index >= 15 is 0 Å². The maximum absolute atomic E-state index is 13.0. The summed E-state index contributed by atoms with van der Waals surface area (Å²) in [5, 5.41) is 3.72. The number of halogens is 3. The molecule has 27 heavy (non-hydrogen) atoms. The number of alkyl halides is 2. The minimum atomic E-state index is -4.15. The predicted octanol–water partition coefficient (Wildman–Crippen LogP) is 1.14. The third-order valence-corrected chi connectivity index (χ3v) is 5.25. The molecular formula is C15H13ClF2N4O4S. The fraction of sp³-hybridized carbons (Fsp3) is 0.267. The Balaban J connectivity index is 2.33. The SMILES string of the molecule is Cn1cc(Cn2c(=O)c3cc(S(=O)(=O)Cl)ccc3n(CC(F)F)c2=O)cn1. The van der Waals surface area contributed by atoms with Crippen LogP contribution in [0.15, 0.2) is 45.1 Å². The molecule has 3 aromatic rings. The Kier molecular flexibility index (Phi) is 4.91. The lowest BCUT2D eigenvalue weighted by Crippen LogP contribution is -2.41. The lowest BCUT2D eigenvalue weighted by atomic mass is 10.2. The summed E-state index contributed by atoms with van der Waals surface area (Å²) < 4.78 is 52.0. The highest BCUT2D eigenvalue weighted by atomic mass is 35.7. The van der Waals surface area contributed by atoms with Crippen LogP contribution in [-0.2, 0) is 29.2 Å². The van der Waals surface area contributed by atoms with Crippen LogP contribution in [0.4, 0.5) is 8.78 Å². The summed E-state index contributed by atoms with van der Waals surface area (Å²) in [7, 11) is 2.79. The molecule has 0 amide bonds. The molecule has 1 aromatic carbocycles. The van der Waals surface area contributed by atoms with E-state index in [2.05, 4.69) is 5.10 Å². The number of hydrogen-bond acceptors (Lipinski definition) is 5. The van der Waals surface area contributed by atoms with Gasteiger partial charge in [-0.15, -0.1) is 0 Å². The molecule has 0 fully saturated rings. The fourth-order valence-electron chi connectivity index (χ4n) is 2.74. The van der Waals surface area contributed by atoms with Gasteiger partial charge in [0.1, 0.15) is 0 Å². The van der Waals surface area contributed by atoms with Gasteiger partial charge in [-0.3, -0.25) is 18.6 Å². The van der Waals surface area contributed by atoms with Crippen LogP contribution in [-0.4, -0.2) is 33.8 Å². The van der Waals surface area contributed by atoms with Crippen LogP contribution in [0.1, 0.15) is 5.56 Å². The van der Waals surface area contributed by atoms with Crippen molar-refractivity contribution in [3.05, 3.63) is 57.0 Å². The average Bonchev–Trinajstić information content (AvgIpc) is 2.99. The van der Waals surface area contributed by atoms with Crippen LogP contribution >= 0.6 is 10.7 Å². The molecular weight excluding hydrogens is 406 g/mol. The molecule has 2 heterocycles. The van der Waals surface area contributed by atoms with E-state index in [0.717, 1.165) is 27.3 Å². The first kappa shape index (κ1) is 19.2. The highest BCUT2D eigenvalue weighted by Crippen LogP contribution is 2.19. The molecule has 2 aromatic heterocycles. The van der Waals surface area contributed by atoms with E-state index in [0.29, 0.717) is 5.56 Å². The van der Waals surface area contributed by atoms with Crippen LogP contribution in [0.25, 0.3) is 10.9 Å². The van der Waals surface area contributed by atoms with Gasteiger partial charge >= 0.3 is 5.69 Å². The molecule has 3 rings (SSSR count). The minimum Gasteiger partial charge on any atom is -0.287 e. The zero-order valence-corrected chi connectivity index (χ0v) is 15.4. The molecule has 8 nitrogen and oxygen atoms in total. The maximum atomic E-state index is 13.0. The van der Waals surface area contributed by atoms with E-state index in [4.69, 9.17) is 10.7 Å². The number of hydrogen-bond donors (Lipinski definition) is 0. The van der Waals surface area contributed by atoms with Crippen molar-refractivity contribution in [2.24, 2.45) is 7.05 Å². The third-order valence-electron chi connectivity index (χ3n) is 3.90. The maximum Gasteiger partial charge on any atom is 0.331 e. The van der Waals surface area contributed by atoms with Gasteiger partial charge in [0.05, 0.1) is 35.1 Å². The third kappa shape index (κ3) is 3.78. The molecule has 0 saturated carbocycles. The molecule has 0 aliphatic rings. The van der Waals surface area contributed by atoms with Gasteiger partial charge in [0, 0.05) is 29.5 Å². The lowest BCUT2D eigenvalue weighted by molar-refractivity contribution is 0.126. The van der Waals surface area contributed by atoms with Crippen LogP contribution in [0.2, 0.25) is 0 Å². The lowest BCUT2D eigenvalue weighted by Gasteiger charge is -2.14. The summed E-state index contributed by atoms with van der Waals surface area (Å²) >= 11 is 0.